The van der Waals surface area contributed by atoms with Crippen molar-refractivity contribution in [2.45, 2.75) is 29.6 Å². The topological polar surface area (TPSA) is 43.1 Å². The van der Waals surface area contributed by atoms with E-state index < -0.39 is 5.54 Å². The summed E-state index contributed by atoms with van der Waals surface area (Å²) in [5.74, 6) is 0.107. The van der Waals surface area contributed by atoms with Crippen LogP contribution in [0.15, 0.2) is 42.5 Å². The molecule has 1 saturated carbocycles. The lowest BCUT2D eigenvalue weighted by atomic mass is 9.75. The van der Waals surface area contributed by atoms with E-state index in [9.17, 15) is 4.79 Å². The third-order valence-electron chi connectivity index (χ3n) is 4.02. The van der Waals surface area contributed by atoms with Crippen LogP contribution in [0.25, 0.3) is 10.8 Å². The van der Waals surface area contributed by atoms with E-state index in [0.29, 0.717) is 0 Å². The molecule has 0 amide bonds. The van der Waals surface area contributed by atoms with Gasteiger partial charge in [-0.3, -0.25) is 4.79 Å². The fourth-order valence-electron chi connectivity index (χ4n) is 2.98. The number of alkyl halides is 1. The Bertz CT molecular complexity index is 634. The Morgan fingerprint density at radius 1 is 1.16 bits per heavy atom. The summed E-state index contributed by atoms with van der Waals surface area (Å²) in [6.07, 6.45) is 2.58. The zero-order chi connectivity index (χ0) is 13.5. The van der Waals surface area contributed by atoms with E-state index in [0.717, 1.165) is 35.6 Å². The first kappa shape index (κ1) is 12.8. The van der Waals surface area contributed by atoms with Gasteiger partial charge in [-0.1, -0.05) is 58.4 Å². The highest BCUT2D eigenvalue weighted by molar-refractivity contribution is 9.10. The molecule has 2 atom stereocenters. The molecule has 0 spiro atoms. The highest BCUT2D eigenvalue weighted by atomic mass is 79.9. The molecule has 0 radical (unpaired) electrons. The second kappa shape index (κ2) is 4.73. The van der Waals surface area contributed by atoms with Gasteiger partial charge in [-0.15, -0.1) is 0 Å². The summed E-state index contributed by atoms with van der Waals surface area (Å²) in [5, 5.41) is 2.22. The van der Waals surface area contributed by atoms with E-state index in [1.807, 2.05) is 30.3 Å². The fourth-order valence-corrected chi connectivity index (χ4v) is 3.71. The first-order valence-electron chi connectivity index (χ1n) is 6.58. The van der Waals surface area contributed by atoms with Crippen molar-refractivity contribution in [1.82, 2.24) is 0 Å². The Balaban J connectivity index is 2.20. The maximum Gasteiger partial charge on any atom is 0.170 e. The second-order valence-electron chi connectivity index (χ2n) is 5.22. The number of Topliss-reactive ketones (excluding diaryl/α,β-unsaturated/α-hetero) is 1. The average molecular weight is 318 g/mol. The first-order valence-corrected chi connectivity index (χ1v) is 7.50. The summed E-state index contributed by atoms with van der Waals surface area (Å²) in [6, 6.07) is 14.1. The molecule has 2 N–H and O–H groups in total. The number of benzene rings is 2. The van der Waals surface area contributed by atoms with Crippen LogP contribution in [0.4, 0.5) is 0 Å². The van der Waals surface area contributed by atoms with E-state index in [1.165, 1.54) is 0 Å². The highest BCUT2D eigenvalue weighted by Gasteiger charge is 2.42. The third-order valence-corrected chi connectivity index (χ3v) is 4.90. The van der Waals surface area contributed by atoms with Crippen LogP contribution in [0.2, 0.25) is 0 Å². The molecule has 3 heteroatoms. The molecule has 2 aromatic carbocycles. The quantitative estimate of drug-likeness (QED) is 0.818. The molecule has 2 unspecified atom stereocenters. The minimum atomic E-state index is -0.854. The zero-order valence-electron chi connectivity index (χ0n) is 10.6. The van der Waals surface area contributed by atoms with Gasteiger partial charge in [0.15, 0.2) is 5.78 Å². The van der Waals surface area contributed by atoms with E-state index in [4.69, 9.17) is 5.73 Å². The molecule has 1 fully saturated rings. The predicted molar refractivity (Wildman–Crippen MR) is 81.4 cm³/mol. The van der Waals surface area contributed by atoms with Crippen molar-refractivity contribution in [3.05, 3.63) is 48.0 Å². The monoisotopic (exact) mass is 317 g/mol. The lowest BCUT2D eigenvalue weighted by molar-refractivity contribution is -0.125. The summed E-state index contributed by atoms with van der Waals surface area (Å²) in [4.78, 5) is 12.4. The Labute approximate surface area is 121 Å². The highest BCUT2D eigenvalue weighted by Crippen LogP contribution is 2.38. The van der Waals surface area contributed by atoms with Gasteiger partial charge in [-0.25, -0.2) is 0 Å². The Kier molecular flexibility index (Phi) is 3.19. The molecule has 1 aliphatic carbocycles. The Hall–Kier alpha value is -1.19. The minimum Gasteiger partial charge on any atom is -0.315 e. The molecule has 98 valence electrons. The second-order valence-corrected chi connectivity index (χ2v) is 6.33. The molecular weight excluding hydrogens is 302 g/mol. The van der Waals surface area contributed by atoms with E-state index in [-0.39, 0.29) is 10.6 Å². The fraction of sp³-hybridized carbons (Fsp3) is 0.312. The van der Waals surface area contributed by atoms with Gasteiger partial charge >= 0.3 is 0 Å². The van der Waals surface area contributed by atoms with Crippen LogP contribution in [0.1, 0.15) is 24.8 Å². The largest absolute Gasteiger partial charge is 0.315 e. The molecule has 2 aromatic rings. The van der Waals surface area contributed by atoms with Crippen molar-refractivity contribution in [3.63, 3.8) is 0 Å². The molecule has 0 aromatic heterocycles. The number of fused-ring (bicyclic) bond motifs is 1. The number of hydrogen-bond donors (Lipinski definition) is 1. The van der Waals surface area contributed by atoms with Crippen molar-refractivity contribution in [2.75, 3.05) is 0 Å². The van der Waals surface area contributed by atoms with E-state index >= 15 is 0 Å². The molecule has 0 saturated heterocycles. The smallest absolute Gasteiger partial charge is 0.170 e. The van der Waals surface area contributed by atoms with Gasteiger partial charge in [0.1, 0.15) is 5.54 Å². The molecule has 3 rings (SSSR count). The van der Waals surface area contributed by atoms with Crippen LogP contribution in [0.5, 0.6) is 0 Å². The maximum absolute atomic E-state index is 12.5. The van der Waals surface area contributed by atoms with Crippen LogP contribution < -0.4 is 5.73 Å². The van der Waals surface area contributed by atoms with Crippen molar-refractivity contribution < 1.29 is 4.79 Å². The normalized spacial score (nSPS) is 27.7. The van der Waals surface area contributed by atoms with Crippen LogP contribution >= 0.6 is 15.9 Å². The number of hydrogen-bond acceptors (Lipinski definition) is 2. The molecule has 0 bridgehead atoms. The summed E-state index contributed by atoms with van der Waals surface area (Å²) in [5.41, 5.74) is 6.61. The van der Waals surface area contributed by atoms with Crippen LogP contribution in [-0.4, -0.2) is 10.6 Å². The molecule has 2 nitrogen and oxygen atoms in total. The number of ketones is 1. The molecular formula is C16H16BrNO. The number of nitrogens with two attached hydrogens (primary N) is 1. The molecule has 0 aliphatic heterocycles. The molecule has 1 aliphatic rings. The van der Waals surface area contributed by atoms with Crippen molar-refractivity contribution in [3.8, 4) is 0 Å². The van der Waals surface area contributed by atoms with Crippen molar-refractivity contribution in [1.29, 1.82) is 0 Å². The zero-order valence-corrected chi connectivity index (χ0v) is 12.2. The van der Waals surface area contributed by atoms with Crippen LogP contribution in [-0.2, 0) is 10.3 Å². The SMILES string of the molecule is NC1(c2cccc3ccccc23)CCCC(Br)C1=O. The van der Waals surface area contributed by atoms with Crippen LogP contribution in [0, 0.1) is 0 Å². The van der Waals surface area contributed by atoms with Crippen LogP contribution in [0.3, 0.4) is 0 Å². The Morgan fingerprint density at radius 3 is 2.74 bits per heavy atom. The summed E-state index contributed by atoms with van der Waals surface area (Å²) in [7, 11) is 0. The average Bonchev–Trinajstić information content (AvgIpc) is 2.44. The van der Waals surface area contributed by atoms with Gasteiger partial charge in [0.25, 0.3) is 0 Å². The summed E-state index contributed by atoms with van der Waals surface area (Å²) < 4.78 is 0. The van der Waals surface area contributed by atoms with Gasteiger partial charge in [-0.2, -0.15) is 0 Å². The Morgan fingerprint density at radius 2 is 1.89 bits per heavy atom. The summed E-state index contributed by atoms with van der Waals surface area (Å²) in [6.45, 7) is 0. The van der Waals surface area contributed by atoms with Gasteiger partial charge in [0.2, 0.25) is 0 Å². The van der Waals surface area contributed by atoms with Gasteiger partial charge in [0, 0.05) is 0 Å². The lowest BCUT2D eigenvalue weighted by Gasteiger charge is -2.35. The number of halogens is 1. The number of carbonyl (C=O) groups excluding carboxylic acids is 1. The minimum absolute atomic E-state index is 0.107. The third kappa shape index (κ3) is 2.01. The number of carbonyl (C=O) groups is 1. The van der Waals surface area contributed by atoms with Crippen molar-refractivity contribution in [2.24, 2.45) is 5.73 Å². The van der Waals surface area contributed by atoms with E-state index in [1.54, 1.807) is 0 Å². The number of rotatable bonds is 1. The first-order chi connectivity index (χ1) is 9.13. The summed E-state index contributed by atoms with van der Waals surface area (Å²) >= 11 is 3.46. The van der Waals surface area contributed by atoms with E-state index in [2.05, 4.69) is 28.1 Å². The van der Waals surface area contributed by atoms with Crippen molar-refractivity contribution >= 4 is 32.5 Å². The molecule has 0 heterocycles. The lowest BCUT2D eigenvalue weighted by Crippen LogP contribution is -2.51. The predicted octanol–water partition coefficient (Wildman–Crippen LogP) is 3.51. The maximum atomic E-state index is 12.5. The van der Waals surface area contributed by atoms with Gasteiger partial charge in [0.05, 0.1) is 4.83 Å². The van der Waals surface area contributed by atoms with Gasteiger partial charge < -0.3 is 5.73 Å². The standard InChI is InChI=1S/C16H16BrNO/c17-14-9-4-10-16(18,15(14)19)13-8-3-6-11-5-1-2-7-12(11)13/h1-3,5-8,14H,4,9-10,18H2. The molecule has 19 heavy (non-hydrogen) atoms. The van der Waals surface area contributed by atoms with Gasteiger partial charge in [-0.05, 0) is 35.6 Å².